The van der Waals surface area contributed by atoms with Crippen LogP contribution in [0.25, 0.3) is 10.9 Å². The number of benzene rings is 2. The largest absolute Gasteiger partial charge is 0.351 e. The predicted octanol–water partition coefficient (Wildman–Crippen LogP) is 4.35. The zero-order valence-electron chi connectivity index (χ0n) is 27.2. The van der Waals surface area contributed by atoms with E-state index in [1.165, 1.54) is 21.6 Å². The van der Waals surface area contributed by atoms with E-state index in [0.29, 0.717) is 71.3 Å². The first-order valence-electron chi connectivity index (χ1n) is 16.4. The SMILES string of the molecule is Cn1nc(N2CCC(=O)NC2=O)c2ccc(C3CCN(Cc4cccc(S(=O)(=O)N5CCC(Nc6ncc(Cl)cn6)CC5)c4)CC3(F)F)cc21. The Labute approximate surface area is 292 Å². The number of rotatable bonds is 8. The number of aromatic nitrogens is 4. The summed E-state index contributed by atoms with van der Waals surface area (Å²) in [6, 6.07) is 11.1. The lowest BCUT2D eigenvalue weighted by Gasteiger charge is -2.38. The molecule has 7 rings (SSSR count). The second kappa shape index (κ2) is 13.5. The Hall–Kier alpha value is -4.25. The van der Waals surface area contributed by atoms with Crippen LogP contribution in [0.5, 0.6) is 0 Å². The molecule has 2 aromatic heterocycles. The number of carbonyl (C=O) groups excluding carboxylic acids is 2. The highest BCUT2D eigenvalue weighted by atomic mass is 35.5. The van der Waals surface area contributed by atoms with Gasteiger partial charge in [-0.2, -0.15) is 9.40 Å². The minimum atomic E-state index is -3.78. The number of nitrogens with one attached hydrogen (secondary N) is 2. The summed E-state index contributed by atoms with van der Waals surface area (Å²) in [5.74, 6) is -3.64. The van der Waals surface area contributed by atoms with Gasteiger partial charge in [0.1, 0.15) is 0 Å². The molecule has 2 aromatic carbocycles. The molecule has 4 aromatic rings. The fraction of sp³-hybridized carbons (Fsp3) is 0.424. The summed E-state index contributed by atoms with van der Waals surface area (Å²) in [6.07, 6.45) is 4.48. The van der Waals surface area contributed by atoms with Gasteiger partial charge >= 0.3 is 6.03 Å². The van der Waals surface area contributed by atoms with Crippen molar-refractivity contribution >= 4 is 56.2 Å². The number of urea groups is 1. The monoisotopic (exact) mass is 727 g/mol. The van der Waals surface area contributed by atoms with Crippen molar-refractivity contribution in [3.8, 4) is 0 Å². The minimum absolute atomic E-state index is 0.0120. The van der Waals surface area contributed by atoms with Crippen LogP contribution in [0.4, 0.5) is 25.3 Å². The molecule has 1 unspecified atom stereocenters. The molecular formula is C33H36ClF2N9O4S. The lowest BCUT2D eigenvalue weighted by atomic mass is 9.85. The highest BCUT2D eigenvalue weighted by molar-refractivity contribution is 7.89. The number of hydrogen-bond acceptors (Lipinski definition) is 9. The number of anilines is 2. The number of fused-ring (bicyclic) bond motifs is 1. The van der Waals surface area contributed by atoms with Crippen molar-refractivity contribution in [1.29, 1.82) is 0 Å². The van der Waals surface area contributed by atoms with E-state index in [-0.39, 0.29) is 42.8 Å². The molecule has 0 radical (unpaired) electrons. The van der Waals surface area contributed by atoms with Gasteiger partial charge in [-0.1, -0.05) is 29.8 Å². The highest BCUT2D eigenvalue weighted by Crippen LogP contribution is 2.42. The van der Waals surface area contributed by atoms with Gasteiger partial charge in [-0.15, -0.1) is 0 Å². The minimum Gasteiger partial charge on any atom is -0.351 e. The van der Waals surface area contributed by atoms with Crippen molar-refractivity contribution < 1.29 is 26.8 Å². The molecule has 17 heteroatoms. The maximum absolute atomic E-state index is 15.8. The fourth-order valence-electron chi connectivity index (χ4n) is 7.01. The molecule has 3 amide bonds. The van der Waals surface area contributed by atoms with E-state index in [0.717, 1.165) is 0 Å². The number of carbonyl (C=O) groups is 2. The quantitative estimate of drug-likeness (QED) is 0.271. The molecular weight excluding hydrogens is 692 g/mol. The van der Waals surface area contributed by atoms with Crippen molar-refractivity contribution in [2.24, 2.45) is 7.05 Å². The molecule has 0 aliphatic carbocycles. The molecule has 3 aliphatic rings. The number of alkyl halides is 2. The third-order valence-electron chi connectivity index (χ3n) is 9.60. The van der Waals surface area contributed by atoms with E-state index >= 15 is 8.78 Å². The summed E-state index contributed by atoms with van der Waals surface area (Å²) in [4.78, 5) is 35.5. The molecule has 0 saturated carbocycles. The van der Waals surface area contributed by atoms with Crippen LogP contribution in [0.15, 0.2) is 59.8 Å². The van der Waals surface area contributed by atoms with Gasteiger partial charge in [0.2, 0.25) is 21.9 Å². The lowest BCUT2D eigenvalue weighted by molar-refractivity contribution is -0.120. The van der Waals surface area contributed by atoms with Gasteiger partial charge < -0.3 is 5.32 Å². The van der Waals surface area contributed by atoms with Crippen LogP contribution in [-0.2, 0) is 28.4 Å². The first-order valence-corrected chi connectivity index (χ1v) is 18.2. The zero-order valence-corrected chi connectivity index (χ0v) is 28.8. The number of sulfonamides is 1. The first kappa shape index (κ1) is 34.2. The van der Waals surface area contributed by atoms with E-state index in [1.54, 1.807) is 59.1 Å². The van der Waals surface area contributed by atoms with Crippen LogP contribution < -0.4 is 15.5 Å². The fourth-order valence-corrected chi connectivity index (χ4v) is 8.65. The van der Waals surface area contributed by atoms with E-state index in [4.69, 9.17) is 11.6 Å². The van der Waals surface area contributed by atoms with Crippen molar-refractivity contribution in [3.63, 3.8) is 0 Å². The Morgan fingerprint density at radius 1 is 1.02 bits per heavy atom. The van der Waals surface area contributed by atoms with E-state index in [9.17, 15) is 18.0 Å². The number of halogens is 3. The third kappa shape index (κ3) is 6.89. The van der Waals surface area contributed by atoms with Crippen molar-refractivity contribution in [2.75, 3.05) is 42.9 Å². The summed E-state index contributed by atoms with van der Waals surface area (Å²) >= 11 is 5.85. The number of amides is 3. The molecule has 5 heterocycles. The molecule has 3 aliphatic heterocycles. The second-order valence-corrected chi connectivity index (χ2v) is 15.4. The smallest absolute Gasteiger partial charge is 0.329 e. The number of aryl methyl sites for hydroxylation is 1. The normalized spacial score (nSPS) is 21.0. The Balaban J connectivity index is 0.990. The first-order chi connectivity index (χ1) is 23.9. The summed E-state index contributed by atoms with van der Waals surface area (Å²) in [5.41, 5.74) is 1.72. The molecule has 0 spiro atoms. The summed E-state index contributed by atoms with van der Waals surface area (Å²) in [5, 5.41) is 11.0. The van der Waals surface area contributed by atoms with Crippen LogP contribution in [0.1, 0.15) is 42.7 Å². The van der Waals surface area contributed by atoms with Gasteiger partial charge in [-0.3, -0.25) is 24.6 Å². The van der Waals surface area contributed by atoms with Crippen molar-refractivity contribution in [1.82, 2.24) is 34.3 Å². The van der Waals surface area contributed by atoms with Crippen molar-refractivity contribution in [2.45, 2.75) is 55.0 Å². The Bertz CT molecular complexity index is 2040. The second-order valence-electron chi connectivity index (χ2n) is 13.0. The number of nitrogens with zero attached hydrogens (tertiary/aromatic N) is 7. The molecule has 1 atom stereocenters. The van der Waals surface area contributed by atoms with Crippen LogP contribution in [0, 0.1) is 0 Å². The Morgan fingerprint density at radius 2 is 1.78 bits per heavy atom. The van der Waals surface area contributed by atoms with E-state index in [1.807, 2.05) is 0 Å². The Kier molecular flexibility index (Phi) is 9.21. The average molecular weight is 728 g/mol. The van der Waals surface area contributed by atoms with Gasteiger partial charge in [0.25, 0.3) is 5.92 Å². The number of likely N-dealkylation sites (tertiary alicyclic amines) is 1. The summed E-state index contributed by atoms with van der Waals surface area (Å²) < 4.78 is 61.8. The van der Waals surface area contributed by atoms with Crippen molar-refractivity contribution in [3.05, 3.63) is 71.0 Å². The molecule has 3 saturated heterocycles. The maximum atomic E-state index is 15.8. The van der Waals surface area contributed by atoms with Crippen LogP contribution >= 0.6 is 11.6 Å². The summed E-state index contributed by atoms with van der Waals surface area (Å²) in [7, 11) is -2.09. The predicted molar refractivity (Wildman–Crippen MR) is 183 cm³/mol. The van der Waals surface area contributed by atoms with Crippen LogP contribution in [0.2, 0.25) is 5.02 Å². The third-order valence-corrected chi connectivity index (χ3v) is 11.7. The van der Waals surface area contributed by atoms with Gasteiger partial charge in [0.05, 0.1) is 40.3 Å². The average Bonchev–Trinajstić information content (AvgIpc) is 3.41. The highest BCUT2D eigenvalue weighted by Gasteiger charge is 2.45. The van der Waals surface area contributed by atoms with E-state index < -0.39 is 34.4 Å². The van der Waals surface area contributed by atoms with Crippen LogP contribution in [-0.4, -0.2) is 94.0 Å². The standard InChI is InChI=1S/C33H36ClF2N9O4S/c1-42-28-16-22(5-6-26(28)30(41-42)45-14-10-29(46)40-32(45)47)27-9-11-43(20-33(27,35)36)19-21-3-2-4-25(15-21)50(48,49)44-12-7-24(8-13-44)39-31-37-17-23(34)18-38-31/h2-6,15-18,24,27H,7-14,19-20H2,1H3,(H,37,38,39)(H,40,46,47). The van der Waals surface area contributed by atoms with Gasteiger partial charge in [-0.05, 0) is 61.2 Å². The van der Waals surface area contributed by atoms with Gasteiger partial charge in [0, 0.05) is 51.1 Å². The van der Waals surface area contributed by atoms with Crippen LogP contribution in [0.3, 0.4) is 0 Å². The molecule has 13 nitrogen and oxygen atoms in total. The lowest BCUT2D eigenvalue weighted by Crippen LogP contribution is -2.49. The molecule has 0 bridgehead atoms. The Morgan fingerprint density at radius 3 is 2.50 bits per heavy atom. The number of imide groups is 1. The number of piperidine rings is 2. The van der Waals surface area contributed by atoms with E-state index in [2.05, 4.69) is 25.7 Å². The molecule has 2 N–H and O–H groups in total. The maximum Gasteiger partial charge on any atom is 0.329 e. The molecule has 264 valence electrons. The molecule has 3 fully saturated rings. The topological polar surface area (TPSA) is 146 Å². The van der Waals surface area contributed by atoms with Gasteiger partial charge in [0.15, 0.2) is 5.82 Å². The zero-order chi connectivity index (χ0) is 35.2. The number of hydrogen-bond donors (Lipinski definition) is 2. The molecule has 50 heavy (non-hydrogen) atoms. The van der Waals surface area contributed by atoms with Gasteiger partial charge in [-0.25, -0.2) is 32.0 Å². The summed E-state index contributed by atoms with van der Waals surface area (Å²) in [6.45, 7) is 0.913.